The molecular formula is C29H24ClN3O3. The maximum absolute atomic E-state index is 14.6. The molecular weight excluding hydrogens is 474 g/mol. The zero-order chi connectivity index (χ0) is 24.6. The molecule has 0 saturated carbocycles. The van der Waals surface area contributed by atoms with E-state index in [0.29, 0.717) is 23.8 Å². The number of carbonyl (C=O) groups excluding carboxylic acids is 3. The normalized spacial score (nSPS) is 28.8. The minimum absolute atomic E-state index is 0.110. The Morgan fingerprint density at radius 2 is 1.67 bits per heavy atom. The monoisotopic (exact) mass is 497 g/mol. The second kappa shape index (κ2) is 7.76. The quantitative estimate of drug-likeness (QED) is 0.504. The maximum atomic E-state index is 14.6. The van der Waals surface area contributed by atoms with Crippen LogP contribution in [0, 0.1) is 11.8 Å². The highest BCUT2D eigenvalue weighted by atomic mass is 35.5. The van der Waals surface area contributed by atoms with Crippen molar-refractivity contribution in [2.45, 2.75) is 31.0 Å². The Labute approximate surface area is 214 Å². The smallest absolute Gasteiger partial charge is 0.253 e. The minimum atomic E-state index is -1.18. The van der Waals surface area contributed by atoms with Crippen LogP contribution in [0.25, 0.3) is 0 Å². The predicted molar refractivity (Wildman–Crippen MR) is 136 cm³/mol. The van der Waals surface area contributed by atoms with Crippen LogP contribution in [0.15, 0.2) is 78.9 Å². The zero-order valence-corrected chi connectivity index (χ0v) is 20.3. The molecule has 7 rings (SSSR count). The number of halogens is 1. The van der Waals surface area contributed by atoms with E-state index < -0.39 is 17.4 Å². The molecule has 6 nitrogen and oxygen atoms in total. The van der Waals surface area contributed by atoms with Gasteiger partial charge in [0, 0.05) is 22.3 Å². The zero-order valence-electron chi connectivity index (χ0n) is 19.5. The second-order valence-electron chi connectivity index (χ2n) is 10.1. The van der Waals surface area contributed by atoms with Crippen molar-refractivity contribution in [1.29, 1.82) is 0 Å². The molecule has 0 bridgehead atoms. The van der Waals surface area contributed by atoms with Gasteiger partial charge in [0.15, 0.2) is 0 Å². The highest BCUT2D eigenvalue weighted by molar-refractivity contribution is 6.31. The molecule has 4 atom stereocenters. The molecule has 3 aromatic rings. The fourth-order valence-electron chi connectivity index (χ4n) is 7.13. The first-order valence-corrected chi connectivity index (χ1v) is 12.8. The molecule has 3 fully saturated rings. The van der Waals surface area contributed by atoms with Gasteiger partial charge in [-0.15, -0.1) is 0 Å². The van der Waals surface area contributed by atoms with E-state index in [9.17, 15) is 14.4 Å². The maximum Gasteiger partial charge on any atom is 0.253 e. The van der Waals surface area contributed by atoms with Gasteiger partial charge in [-0.25, -0.2) is 4.90 Å². The molecule has 3 saturated heterocycles. The number of rotatable bonds is 3. The second-order valence-corrected chi connectivity index (χ2v) is 10.5. The SMILES string of the molecule is O=C1[C@@H]2[C@H]3CCCN3[C@]3(C(=O)N(Cc4ccccc4)c4ccccc43)[C@H]2C(=O)N1c1cccc(Cl)c1. The van der Waals surface area contributed by atoms with Gasteiger partial charge in [0.25, 0.3) is 5.91 Å². The van der Waals surface area contributed by atoms with Crippen LogP contribution in [0.1, 0.15) is 24.0 Å². The average molecular weight is 498 g/mol. The van der Waals surface area contributed by atoms with Gasteiger partial charge in [0.05, 0.1) is 24.1 Å². The molecule has 1 spiro atoms. The first-order chi connectivity index (χ1) is 17.5. The highest BCUT2D eigenvalue weighted by Crippen LogP contribution is 2.62. The summed E-state index contributed by atoms with van der Waals surface area (Å²) in [6.45, 7) is 1.10. The molecule has 3 amide bonds. The Morgan fingerprint density at radius 1 is 0.889 bits per heavy atom. The van der Waals surface area contributed by atoms with E-state index in [-0.39, 0.29) is 23.8 Å². The van der Waals surface area contributed by atoms with Crippen molar-refractivity contribution in [2.75, 3.05) is 16.3 Å². The fourth-order valence-corrected chi connectivity index (χ4v) is 7.32. The van der Waals surface area contributed by atoms with Crippen LogP contribution in [0.3, 0.4) is 0 Å². The first-order valence-electron chi connectivity index (χ1n) is 12.4. The fraction of sp³-hybridized carbons (Fsp3) is 0.276. The molecule has 0 aliphatic carbocycles. The van der Waals surface area contributed by atoms with Crippen molar-refractivity contribution < 1.29 is 14.4 Å². The van der Waals surface area contributed by atoms with Crippen LogP contribution in [0.5, 0.6) is 0 Å². The number of para-hydroxylation sites is 1. The summed E-state index contributed by atoms with van der Waals surface area (Å²) in [6, 6.07) is 24.3. The van der Waals surface area contributed by atoms with Crippen molar-refractivity contribution in [1.82, 2.24) is 4.90 Å². The number of nitrogens with zero attached hydrogens (tertiary/aromatic N) is 3. The molecule has 36 heavy (non-hydrogen) atoms. The van der Waals surface area contributed by atoms with Gasteiger partial charge < -0.3 is 4.90 Å². The summed E-state index contributed by atoms with van der Waals surface area (Å²) in [4.78, 5) is 47.9. The number of imide groups is 1. The number of benzene rings is 3. The number of amides is 3. The van der Waals surface area contributed by atoms with Gasteiger partial charge in [-0.05, 0) is 49.2 Å². The molecule has 0 N–H and O–H groups in total. The average Bonchev–Trinajstić information content (AvgIpc) is 3.59. The lowest BCUT2D eigenvalue weighted by Gasteiger charge is -2.37. The van der Waals surface area contributed by atoms with Gasteiger partial charge in [0.2, 0.25) is 11.8 Å². The number of carbonyl (C=O) groups is 3. The topological polar surface area (TPSA) is 60.9 Å². The molecule has 0 unspecified atom stereocenters. The van der Waals surface area contributed by atoms with Crippen LogP contribution in [0.2, 0.25) is 5.02 Å². The Hall–Kier alpha value is -3.48. The third kappa shape index (κ3) is 2.69. The summed E-state index contributed by atoms with van der Waals surface area (Å²) in [7, 11) is 0. The summed E-state index contributed by atoms with van der Waals surface area (Å²) < 4.78 is 0. The highest BCUT2D eigenvalue weighted by Gasteiger charge is 2.75. The lowest BCUT2D eigenvalue weighted by atomic mass is 9.75. The van der Waals surface area contributed by atoms with Gasteiger partial charge in [-0.1, -0.05) is 66.2 Å². The van der Waals surface area contributed by atoms with Gasteiger partial charge in [-0.3, -0.25) is 19.3 Å². The van der Waals surface area contributed by atoms with Crippen LogP contribution in [-0.4, -0.2) is 35.2 Å². The van der Waals surface area contributed by atoms with E-state index in [2.05, 4.69) is 4.90 Å². The molecule has 0 aromatic heterocycles. The van der Waals surface area contributed by atoms with Crippen molar-refractivity contribution in [3.05, 3.63) is 95.0 Å². The minimum Gasteiger partial charge on any atom is -0.306 e. The van der Waals surface area contributed by atoms with Crippen LogP contribution in [0.4, 0.5) is 11.4 Å². The van der Waals surface area contributed by atoms with Gasteiger partial charge in [0.1, 0.15) is 5.54 Å². The Kier molecular flexibility index (Phi) is 4.69. The van der Waals surface area contributed by atoms with E-state index in [1.807, 2.05) is 59.5 Å². The molecule has 180 valence electrons. The first kappa shape index (κ1) is 21.8. The Balaban J connectivity index is 1.40. The van der Waals surface area contributed by atoms with Gasteiger partial charge in [-0.2, -0.15) is 0 Å². The lowest BCUT2D eigenvalue weighted by molar-refractivity contribution is -0.137. The molecule has 4 aliphatic heterocycles. The Bertz CT molecular complexity index is 1430. The van der Waals surface area contributed by atoms with Gasteiger partial charge >= 0.3 is 0 Å². The van der Waals surface area contributed by atoms with Crippen molar-refractivity contribution in [3.8, 4) is 0 Å². The van der Waals surface area contributed by atoms with E-state index >= 15 is 0 Å². The summed E-state index contributed by atoms with van der Waals surface area (Å²) in [6.07, 6.45) is 1.68. The number of fused-ring (bicyclic) bond motifs is 7. The van der Waals surface area contributed by atoms with Crippen molar-refractivity contribution >= 4 is 40.7 Å². The van der Waals surface area contributed by atoms with E-state index in [1.165, 1.54) is 4.90 Å². The van der Waals surface area contributed by atoms with Crippen LogP contribution >= 0.6 is 11.6 Å². The predicted octanol–water partition coefficient (Wildman–Crippen LogP) is 4.37. The standard InChI is InChI=1S/C29H24ClN3O3/c30-19-10-6-11-20(16-19)33-26(34)24-23-14-7-15-32(23)29(25(24)27(33)35)21-12-4-5-13-22(21)31(28(29)36)17-18-8-2-1-3-9-18/h1-6,8-13,16,23-25H,7,14-15,17H2/t23-,24-,25-,29+/m1/s1. The summed E-state index contributed by atoms with van der Waals surface area (Å²) in [5.41, 5.74) is 1.95. The molecule has 4 heterocycles. The summed E-state index contributed by atoms with van der Waals surface area (Å²) in [5.74, 6) is -1.99. The summed E-state index contributed by atoms with van der Waals surface area (Å²) >= 11 is 6.22. The Morgan fingerprint density at radius 3 is 2.47 bits per heavy atom. The molecule has 7 heteroatoms. The number of anilines is 2. The molecule has 4 aliphatic rings. The molecule has 3 aromatic carbocycles. The van der Waals surface area contributed by atoms with E-state index in [0.717, 1.165) is 29.7 Å². The third-order valence-electron chi connectivity index (χ3n) is 8.39. The number of hydrogen-bond acceptors (Lipinski definition) is 4. The summed E-state index contributed by atoms with van der Waals surface area (Å²) in [5, 5.41) is 0.457. The van der Waals surface area contributed by atoms with E-state index in [4.69, 9.17) is 11.6 Å². The van der Waals surface area contributed by atoms with Crippen LogP contribution < -0.4 is 9.80 Å². The van der Waals surface area contributed by atoms with Crippen molar-refractivity contribution in [3.63, 3.8) is 0 Å². The largest absolute Gasteiger partial charge is 0.306 e. The molecule has 0 radical (unpaired) electrons. The lowest BCUT2D eigenvalue weighted by Crippen LogP contribution is -2.55. The van der Waals surface area contributed by atoms with Crippen molar-refractivity contribution in [2.24, 2.45) is 11.8 Å². The third-order valence-corrected chi connectivity index (χ3v) is 8.63. The van der Waals surface area contributed by atoms with E-state index in [1.54, 1.807) is 24.3 Å². The van der Waals surface area contributed by atoms with Crippen LogP contribution in [-0.2, 0) is 26.5 Å². The number of hydrogen-bond donors (Lipinski definition) is 0.